The van der Waals surface area contributed by atoms with E-state index >= 15 is 0 Å². The standard InChI is InChI=1S/C15H26N2/c1-2-12-7-9-14(10-8-12)17-15-6-4-3-5-13(15)11-16/h12-15,17H,2-10H2,1H3. The second kappa shape index (κ2) is 6.40. The largest absolute Gasteiger partial charge is 0.310 e. The van der Waals surface area contributed by atoms with E-state index < -0.39 is 0 Å². The third kappa shape index (κ3) is 3.45. The molecule has 96 valence electrons. The Morgan fingerprint density at radius 3 is 2.41 bits per heavy atom. The quantitative estimate of drug-likeness (QED) is 0.809. The van der Waals surface area contributed by atoms with Gasteiger partial charge in [0.2, 0.25) is 0 Å². The van der Waals surface area contributed by atoms with Gasteiger partial charge >= 0.3 is 0 Å². The molecule has 0 aromatic carbocycles. The molecule has 2 unspecified atom stereocenters. The highest BCUT2D eigenvalue weighted by atomic mass is 15.0. The van der Waals surface area contributed by atoms with E-state index in [9.17, 15) is 5.26 Å². The first kappa shape index (κ1) is 12.9. The molecule has 0 saturated heterocycles. The summed E-state index contributed by atoms with van der Waals surface area (Å²) in [6.07, 6.45) is 11.6. The minimum atomic E-state index is 0.271. The Morgan fingerprint density at radius 2 is 1.76 bits per heavy atom. The fourth-order valence-electron chi connectivity index (χ4n) is 3.52. The van der Waals surface area contributed by atoms with Crippen molar-refractivity contribution in [2.24, 2.45) is 11.8 Å². The monoisotopic (exact) mass is 234 g/mol. The Bertz CT molecular complexity index is 261. The minimum absolute atomic E-state index is 0.271. The molecule has 2 aliphatic carbocycles. The summed E-state index contributed by atoms with van der Waals surface area (Å²) in [5.74, 6) is 1.24. The number of nitriles is 1. The second-order valence-corrected chi connectivity index (χ2v) is 5.92. The molecule has 2 fully saturated rings. The molecule has 2 rings (SSSR count). The average molecular weight is 234 g/mol. The molecule has 0 bridgehead atoms. The molecule has 1 N–H and O–H groups in total. The molecule has 0 amide bonds. The molecule has 2 saturated carbocycles. The van der Waals surface area contributed by atoms with Gasteiger partial charge in [-0.2, -0.15) is 5.26 Å². The van der Waals surface area contributed by atoms with Gasteiger partial charge in [-0.3, -0.25) is 0 Å². The molecule has 2 nitrogen and oxygen atoms in total. The lowest BCUT2D eigenvalue weighted by Gasteiger charge is -2.35. The van der Waals surface area contributed by atoms with Crippen LogP contribution in [-0.4, -0.2) is 12.1 Å². The summed E-state index contributed by atoms with van der Waals surface area (Å²) in [6, 6.07) is 3.68. The summed E-state index contributed by atoms with van der Waals surface area (Å²) in [7, 11) is 0. The van der Waals surface area contributed by atoms with E-state index in [1.165, 1.54) is 51.4 Å². The molecule has 0 aromatic rings. The Kier molecular flexibility index (Phi) is 4.86. The van der Waals surface area contributed by atoms with Gasteiger partial charge in [-0.25, -0.2) is 0 Å². The van der Waals surface area contributed by atoms with E-state index in [1.54, 1.807) is 0 Å². The maximum atomic E-state index is 9.18. The van der Waals surface area contributed by atoms with Crippen LogP contribution >= 0.6 is 0 Å². The van der Waals surface area contributed by atoms with E-state index in [2.05, 4.69) is 18.3 Å². The van der Waals surface area contributed by atoms with Crippen LogP contribution in [0.2, 0.25) is 0 Å². The van der Waals surface area contributed by atoms with Crippen LogP contribution in [0, 0.1) is 23.2 Å². The third-order valence-electron chi connectivity index (χ3n) is 4.81. The smallest absolute Gasteiger partial charge is 0.0672 e. The molecular weight excluding hydrogens is 208 g/mol. The van der Waals surface area contributed by atoms with E-state index in [-0.39, 0.29) is 5.92 Å². The van der Waals surface area contributed by atoms with Crippen molar-refractivity contribution in [3.8, 4) is 6.07 Å². The summed E-state index contributed by atoms with van der Waals surface area (Å²) in [5, 5.41) is 13.0. The van der Waals surface area contributed by atoms with Gasteiger partial charge in [0.15, 0.2) is 0 Å². The lowest BCUT2D eigenvalue weighted by molar-refractivity contribution is 0.227. The average Bonchev–Trinajstić information content (AvgIpc) is 2.40. The first-order chi connectivity index (χ1) is 8.33. The van der Waals surface area contributed by atoms with E-state index in [4.69, 9.17) is 0 Å². The lowest BCUT2D eigenvalue weighted by Crippen LogP contribution is -2.45. The first-order valence-corrected chi connectivity index (χ1v) is 7.49. The van der Waals surface area contributed by atoms with Crippen molar-refractivity contribution in [3.05, 3.63) is 0 Å². The fourth-order valence-corrected chi connectivity index (χ4v) is 3.52. The Hall–Kier alpha value is -0.550. The highest BCUT2D eigenvalue weighted by molar-refractivity contribution is 4.96. The highest BCUT2D eigenvalue weighted by Gasteiger charge is 2.28. The summed E-state index contributed by atoms with van der Waals surface area (Å²) >= 11 is 0. The summed E-state index contributed by atoms with van der Waals surface area (Å²) in [4.78, 5) is 0. The molecule has 0 aromatic heterocycles. The fraction of sp³-hybridized carbons (Fsp3) is 0.933. The summed E-state index contributed by atoms with van der Waals surface area (Å²) in [6.45, 7) is 2.31. The highest BCUT2D eigenvalue weighted by Crippen LogP contribution is 2.29. The van der Waals surface area contributed by atoms with Crippen molar-refractivity contribution < 1.29 is 0 Å². The Balaban J connectivity index is 1.78. The van der Waals surface area contributed by atoms with Crippen LogP contribution in [0.5, 0.6) is 0 Å². The topological polar surface area (TPSA) is 35.8 Å². The van der Waals surface area contributed by atoms with Crippen LogP contribution in [0.3, 0.4) is 0 Å². The van der Waals surface area contributed by atoms with Crippen LogP contribution in [-0.2, 0) is 0 Å². The zero-order valence-electron chi connectivity index (χ0n) is 11.1. The number of rotatable bonds is 3. The van der Waals surface area contributed by atoms with Crippen molar-refractivity contribution in [3.63, 3.8) is 0 Å². The summed E-state index contributed by atoms with van der Waals surface area (Å²) < 4.78 is 0. The lowest BCUT2D eigenvalue weighted by atomic mass is 9.81. The first-order valence-electron chi connectivity index (χ1n) is 7.49. The molecule has 2 heteroatoms. The zero-order chi connectivity index (χ0) is 12.1. The zero-order valence-corrected chi connectivity index (χ0v) is 11.1. The number of hydrogen-bond acceptors (Lipinski definition) is 2. The second-order valence-electron chi connectivity index (χ2n) is 5.92. The van der Waals surface area contributed by atoms with E-state index in [0.29, 0.717) is 12.1 Å². The Labute approximate surface area is 106 Å². The van der Waals surface area contributed by atoms with Crippen LogP contribution < -0.4 is 5.32 Å². The van der Waals surface area contributed by atoms with Gasteiger partial charge in [0.1, 0.15) is 0 Å². The maximum absolute atomic E-state index is 9.18. The normalized spacial score (nSPS) is 38.6. The molecule has 0 spiro atoms. The summed E-state index contributed by atoms with van der Waals surface area (Å²) in [5.41, 5.74) is 0. The molecule has 17 heavy (non-hydrogen) atoms. The third-order valence-corrected chi connectivity index (χ3v) is 4.81. The van der Waals surface area contributed by atoms with Crippen molar-refractivity contribution in [1.29, 1.82) is 5.26 Å². The van der Waals surface area contributed by atoms with Gasteiger partial charge in [-0.05, 0) is 44.4 Å². The van der Waals surface area contributed by atoms with Gasteiger partial charge in [-0.15, -0.1) is 0 Å². The van der Waals surface area contributed by atoms with E-state index in [0.717, 1.165) is 12.3 Å². The molecular formula is C15H26N2. The van der Waals surface area contributed by atoms with Crippen molar-refractivity contribution in [2.45, 2.75) is 76.8 Å². The van der Waals surface area contributed by atoms with Crippen LogP contribution in [0.15, 0.2) is 0 Å². The van der Waals surface area contributed by atoms with Gasteiger partial charge in [0.25, 0.3) is 0 Å². The van der Waals surface area contributed by atoms with Gasteiger partial charge in [0, 0.05) is 12.1 Å². The maximum Gasteiger partial charge on any atom is 0.0672 e. The SMILES string of the molecule is CCC1CCC(NC2CCCCC2C#N)CC1. The number of nitrogens with one attached hydrogen (secondary N) is 1. The van der Waals surface area contributed by atoms with Crippen molar-refractivity contribution in [2.75, 3.05) is 0 Å². The van der Waals surface area contributed by atoms with E-state index in [1.807, 2.05) is 0 Å². The van der Waals surface area contributed by atoms with Crippen LogP contribution in [0.4, 0.5) is 0 Å². The molecule has 0 aliphatic heterocycles. The Morgan fingerprint density at radius 1 is 1.06 bits per heavy atom. The number of hydrogen-bond donors (Lipinski definition) is 1. The van der Waals surface area contributed by atoms with Gasteiger partial charge in [0.05, 0.1) is 12.0 Å². The van der Waals surface area contributed by atoms with Gasteiger partial charge in [-0.1, -0.05) is 26.2 Å². The molecule has 2 aliphatic rings. The predicted octanol–water partition coefficient (Wildman–Crippen LogP) is 3.63. The molecule has 0 radical (unpaired) electrons. The van der Waals surface area contributed by atoms with Crippen molar-refractivity contribution in [1.82, 2.24) is 5.32 Å². The van der Waals surface area contributed by atoms with Gasteiger partial charge < -0.3 is 5.32 Å². The molecule has 2 atom stereocenters. The van der Waals surface area contributed by atoms with Crippen LogP contribution in [0.1, 0.15) is 64.7 Å². The number of nitrogens with zero attached hydrogens (tertiary/aromatic N) is 1. The van der Waals surface area contributed by atoms with Crippen molar-refractivity contribution >= 4 is 0 Å². The molecule has 0 heterocycles. The van der Waals surface area contributed by atoms with Crippen LogP contribution in [0.25, 0.3) is 0 Å². The minimum Gasteiger partial charge on any atom is -0.310 e. The predicted molar refractivity (Wildman–Crippen MR) is 70.5 cm³/mol.